The van der Waals surface area contributed by atoms with E-state index in [0.717, 1.165) is 0 Å². The van der Waals surface area contributed by atoms with E-state index < -0.39 is 5.97 Å². The molecular weight excluding hydrogens is 264 g/mol. The van der Waals surface area contributed by atoms with Crippen LogP contribution in [0.1, 0.15) is 14.3 Å². The van der Waals surface area contributed by atoms with Gasteiger partial charge in [-0.05, 0) is 17.3 Å². The number of carbonyl (C=O) groups is 2. The van der Waals surface area contributed by atoms with Crippen LogP contribution in [0.5, 0.6) is 0 Å². The summed E-state index contributed by atoms with van der Waals surface area (Å²) < 4.78 is 4.45. The third-order valence-electron chi connectivity index (χ3n) is 2.42. The van der Waals surface area contributed by atoms with Crippen LogP contribution >= 0.6 is 0 Å². The zero-order chi connectivity index (χ0) is 14.4. The summed E-state index contributed by atoms with van der Waals surface area (Å²) >= 11 is 0. The zero-order valence-corrected chi connectivity index (χ0v) is 10.7. The van der Waals surface area contributed by atoms with Crippen molar-refractivity contribution in [3.8, 4) is 11.4 Å². The van der Waals surface area contributed by atoms with Gasteiger partial charge in [-0.25, -0.2) is 4.98 Å². The predicted octanol–water partition coefficient (Wildman–Crippen LogP) is 0.399. The number of nitrogens with one attached hydrogen (secondary N) is 2. The second-order valence-corrected chi connectivity index (χ2v) is 3.79. The molecule has 2 heterocycles. The minimum atomic E-state index is -0.430. The van der Waals surface area contributed by atoms with Gasteiger partial charge in [0, 0.05) is 19.6 Å². The lowest BCUT2D eigenvalue weighted by Crippen LogP contribution is -2.14. The number of nitrogens with zero attached hydrogens (tertiary/aromatic N) is 4. The molecule has 0 aromatic carbocycles. The maximum absolute atomic E-state index is 11.5. The maximum atomic E-state index is 11.5. The highest BCUT2D eigenvalue weighted by Crippen LogP contribution is 2.13. The number of rotatable bonds is 5. The van der Waals surface area contributed by atoms with Gasteiger partial charge in [-0.2, -0.15) is 5.21 Å². The minimum absolute atomic E-state index is 0. The number of carbonyl (C=O) groups excluding carboxylic acids is 2. The first kappa shape index (κ1) is 13.6. The Morgan fingerprint density at radius 3 is 2.85 bits per heavy atom. The smallest absolute Gasteiger partial charge is 0.306 e. The Balaban J connectivity index is 0.00000220. The molecule has 0 unspecified atom stereocenters. The van der Waals surface area contributed by atoms with Crippen LogP contribution < -0.4 is 5.32 Å². The van der Waals surface area contributed by atoms with Crippen molar-refractivity contribution in [3.05, 3.63) is 18.3 Å². The van der Waals surface area contributed by atoms with Gasteiger partial charge in [0.05, 0.1) is 13.5 Å². The first-order valence-electron chi connectivity index (χ1n) is 5.75. The van der Waals surface area contributed by atoms with E-state index in [2.05, 4.69) is 35.7 Å². The lowest BCUT2D eigenvalue weighted by atomic mass is 10.2. The molecule has 0 bridgehead atoms. The van der Waals surface area contributed by atoms with Gasteiger partial charge in [0.2, 0.25) is 11.7 Å². The van der Waals surface area contributed by atoms with Crippen molar-refractivity contribution in [1.82, 2.24) is 25.6 Å². The van der Waals surface area contributed by atoms with Gasteiger partial charge in [-0.1, -0.05) is 0 Å². The number of tetrazole rings is 1. The van der Waals surface area contributed by atoms with Gasteiger partial charge in [0.1, 0.15) is 5.82 Å². The molecule has 20 heavy (non-hydrogen) atoms. The lowest BCUT2D eigenvalue weighted by Gasteiger charge is -2.04. The van der Waals surface area contributed by atoms with E-state index in [0.29, 0.717) is 17.2 Å². The number of methoxy groups -OCH3 is 1. The average molecular weight is 278 g/mol. The van der Waals surface area contributed by atoms with Crippen molar-refractivity contribution in [2.45, 2.75) is 12.8 Å². The Morgan fingerprint density at radius 2 is 2.25 bits per heavy atom. The number of esters is 1. The van der Waals surface area contributed by atoms with Crippen LogP contribution in [0.4, 0.5) is 5.82 Å². The highest BCUT2D eigenvalue weighted by molar-refractivity contribution is 5.91. The predicted molar refractivity (Wildman–Crippen MR) is 69.4 cm³/mol. The molecule has 9 heteroatoms. The van der Waals surface area contributed by atoms with E-state index in [1.807, 2.05) is 0 Å². The fourth-order valence-corrected chi connectivity index (χ4v) is 1.41. The lowest BCUT2D eigenvalue weighted by molar-refractivity contribution is -0.141. The molecule has 0 radical (unpaired) electrons. The van der Waals surface area contributed by atoms with E-state index in [1.54, 1.807) is 12.1 Å². The molecular formula is C11H14N6O3. The summed E-state index contributed by atoms with van der Waals surface area (Å²) in [5, 5.41) is 16.0. The van der Waals surface area contributed by atoms with Gasteiger partial charge < -0.3 is 10.1 Å². The van der Waals surface area contributed by atoms with Crippen LogP contribution in [-0.4, -0.2) is 44.6 Å². The molecule has 0 saturated carbocycles. The van der Waals surface area contributed by atoms with Crippen molar-refractivity contribution >= 4 is 17.7 Å². The molecule has 0 aliphatic rings. The molecule has 0 aliphatic carbocycles. The second-order valence-electron chi connectivity index (χ2n) is 3.79. The molecule has 0 fully saturated rings. The van der Waals surface area contributed by atoms with Gasteiger partial charge >= 0.3 is 5.97 Å². The van der Waals surface area contributed by atoms with Gasteiger partial charge in [-0.3, -0.25) is 9.59 Å². The number of amides is 1. The largest absolute Gasteiger partial charge is 0.469 e. The van der Waals surface area contributed by atoms with Crippen LogP contribution in [0.15, 0.2) is 18.3 Å². The van der Waals surface area contributed by atoms with Crippen molar-refractivity contribution in [1.29, 1.82) is 0 Å². The van der Waals surface area contributed by atoms with E-state index in [4.69, 9.17) is 0 Å². The van der Waals surface area contributed by atoms with Gasteiger partial charge in [0.15, 0.2) is 0 Å². The van der Waals surface area contributed by atoms with E-state index in [1.165, 1.54) is 13.3 Å². The van der Waals surface area contributed by atoms with Crippen LogP contribution in [0.3, 0.4) is 0 Å². The quantitative estimate of drug-likeness (QED) is 0.759. The highest BCUT2D eigenvalue weighted by atomic mass is 16.5. The van der Waals surface area contributed by atoms with Crippen molar-refractivity contribution < 1.29 is 15.8 Å². The maximum Gasteiger partial charge on any atom is 0.306 e. The number of aromatic nitrogens is 5. The Kier molecular flexibility index (Phi) is 4.32. The Bertz CT molecular complexity index is 587. The molecule has 0 saturated heterocycles. The molecule has 2 rings (SSSR count). The summed E-state index contributed by atoms with van der Waals surface area (Å²) in [5.74, 6) is 0.0592. The first-order chi connectivity index (χ1) is 9.69. The SMILES string of the molecule is COC(=O)CCC(=O)Nc1ccc(-c2nn[nH]n2)cn1.[HH]. The number of ether oxygens (including phenoxy) is 1. The molecule has 2 aromatic rings. The number of H-pyrrole nitrogens is 1. The third kappa shape index (κ3) is 3.57. The number of anilines is 1. The van der Waals surface area contributed by atoms with E-state index in [-0.39, 0.29) is 20.2 Å². The van der Waals surface area contributed by atoms with Crippen LogP contribution in [-0.2, 0) is 14.3 Å². The summed E-state index contributed by atoms with van der Waals surface area (Å²) in [7, 11) is 1.28. The van der Waals surface area contributed by atoms with Crippen molar-refractivity contribution in [2.24, 2.45) is 0 Å². The Labute approximate surface area is 115 Å². The third-order valence-corrected chi connectivity index (χ3v) is 2.42. The molecule has 0 aliphatic heterocycles. The average Bonchev–Trinajstić information content (AvgIpc) is 2.99. The van der Waals surface area contributed by atoms with Crippen molar-refractivity contribution in [3.63, 3.8) is 0 Å². The first-order valence-corrected chi connectivity index (χ1v) is 5.75. The molecule has 0 spiro atoms. The summed E-state index contributed by atoms with van der Waals surface area (Å²) in [5.41, 5.74) is 0.673. The minimum Gasteiger partial charge on any atom is -0.469 e. The standard InChI is InChI=1S/C11H12N6O3.H2/c1-20-10(19)5-4-9(18)13-8-3-2-7(6-12-8)11-14-16-17-15-11;/h2-3,6H,4-5H2,1H3,(H,12,13,18)(H,14,15,16,17);1H. The summed E-state index contributed by atoms with van der Waals surface area (Å²) in [6, 6.07) is 3.31. The Morgan fingerprint density at radius 1 is 1.40 bits per heavy atom. The van der Waals surface area contributed by atoms with Crippen LogP contribution in [0, 0.1) is 0 Å². The molecule has 2 aromatic heterocycles. The summed E-state index contributed by atoms with van der Waals surface area (Å²) in [6.45, 7) is 0. The van der Waals surface area contributed by atoms with E-state index in [9.17, 15) is 9.59 Å². The Hall–Kier alpha value is -2.84. The second kappa shape index (κ2) is 6.36. The zero-order valence-electron chi connectivity index (χ0n) is 10.7. The summed E-state index contributed by atoms with van der Waals surface area (Å²) in [4.78, 5) is 26.5. The number of pyridine rings is 1. The molecule has 9 nitrogen and oxygen atoms in total. The van der Waals surface area contributed by atoms with Gasteiger partial charge in [0.25, 0.3) is 0 Å². The van der Waals surface area contributed by atoms with Crippen LogP contribution in [0.25, 0.3) is 11.4 Å². The monoisotopic (exact) mass is 278 g/mol. The number of aromatic amines is 1. The summed E-state index contributed by atoms with van der Waals surface area (Å²) in [6.07, 6.45) is 1.59. The fourth-order valence-electron chi connectivity index (χ4n) is 1.41. The van der Waals surface area contributed by atoms with Crippen molar-refractivity contribution in [2.75, 3.05) is 12.4 Å². The fraction of sp³-hybridized carbons (Fsp3) is 0.273. The number of hydrogen-bond acceptors (Lipinski definition) is 7. The molecule has 1 amide bonds. The number of hydrogen-bond donors (Lipinski definition) is 2. The topological polar surface area (TPSA) is 123 Å². The van der Waals surface area contributed by atoms with E-state index >= 15 is 0 Å². The van der Waals surface area contributed by atoms with Crippen LogP contribution in [0.2, 0.25) is 0 Å². The molecule has 2 N–H and O–H groups in total. The normalized spacial score (nSPS) is 10.1. The molecule has 106 valence electrons. The highest BCUT2D eigenvalue weighted by Gasteiger charge is 2.08. The molecule has 0 atom stereocenters. The van der Waals surface area contributed by atoms with Gasteiger partial charge in [-0.15, -0.1) is 10.2 Å².